The van der Waals surface area contributed by atoms with E-state index in [4.69, 9.17) is 8.83 Å². The molecule has 0 aliphatic carbocycles. The zero-order valence-corrected chi connectivity index (χ0v) is 30.4. The number of rotatable bonds is 6. The van der Waals surface area contributed by atoms with Gasteiger partial charge in [0, 0.05) is 44.2 Å². The summed E-state index contributed by atoms with van der Waals surface area (Å²) >= 11 is 0. The highest BCUT2D eigenvalue weighted by molar-refractivity contribution is 6.29. The molecule has 0 bridgehead atoms. The molecule has 2 heteroatoms. The lowest BCUT2D eigenvalue weighted by Gasteiger charge is -2.15. The van der Waals surface area contributed by atoms with Gasteiger partial charge in [0.05, 0.1) is 0 Å². The quantitative estimate of drug-likeness (QED) is 0.171. The van der Waals surface area contributed by atoms with Gasteiger partial charge in [0.15, 0.2) is 0 Å². The molecule has 2 nitrogen and oxygen atoms in total. The summed E-state index contributed by atoms with van der Waals surface area (Å²) < 4.78 is 15.0. The molecule has 0 fully saturated rings. The van der Waals surface area contributed by atoms with E-state index >= 15 is 0 Å². The minimum atomic E-state index is 0.825. The van der Waals surface area contributed by atoms with Gasteiger partial charge in [0.2, 0.25) is 0 Å². The SMILES string of the molecule is c1ccc(-c2oc3c(-c4cccc5ccccc45)c4c(-c5ccccc5)c(-c5ccccc5)oc4c(-c4ccc5ccccc5c4)c3c2-c2ccccc2)cc1. The molecule has 0 spiro atoms. The third-order valence-corrected chi connectivity index (χ3v) is 11.1. The van der Waals surface area contributed by atoms with Crippen LogP contribution in [-0.2, 0) is 0 Å². The van der Waals surface area contributed by atoms with Crippen LogP contribution in [0.15, 0.2) is 215 Å². The van der Waals surface area contributed by atoms with E-state index in [0.29, 0.717) is 0 Å². The summed E-state index contributed by atoms with van der Waals surface area (Å²) in [6.07, 6.45) is 0. The van der Waals surface area contributed by atoms with Crippen molar-refractivity contribution in [3.63, 3.8) is 0 Å². The molecular formula is C54H34O2. The van der Waals surface area contributed by atoms with Crippen molar-refractivity contribution < 1.29 is 8.83 Å². The standard InChI is InChI=1S/C54H34O2/c1-5-20-37(21-6-1)45-49-47(42-33-32-35-18-13-14-28-41(35)34-42)53-50(46(38-22-7-2-8-23-38)52(55-53)40-26-11-4-12-27-40)48(44-31-17-29-36-19-15-16-30-43(36)44)54(49)56-51(45)39-24-9-3-10-25-39/h1-34H. The van der Waals surface area contributed by atoms with Crippen LogP contribution in [0.4, 0.5) is 0 Å². The van der Waals surface area contributed by atoms with E-state index in [1.54, 1.807) is 0 Å². The Morgan fingerprint density at radius 1 is 0.268 bits per heavy atom. The molecule has 0 unspecified atom stereocenters. The van der Waals surface area contributed by atoms with E-state index in [1.165, 1.54) is 5.39 Å². The van der Waals surface area contributed by atoms with Gasteiger partial charge >= 0.3 is 0 Å². The Labute approximate surface area is 324 Å². The molecule has 262 valence electrons. The fourth-order valence-corrected chi connectivity index (χ4v) is 8.59. The van der Waals surface area contributed by atoms with Crippen molar-refractivity contribution in [2.24, 2.45) is 0 Å². The van der Waals surface area contributed by atoms with Crippen molar-refractivity contribution in [2.75, 3.05) is 0 Å². The first-order valence-corrected chi connectivity index (χ1v) is 19.1. The number of furan rings is 2. The Hall–Kier alpha value is -7.42. The Morgan fingerprint density at radius 3 is 1.30 bits per heavy atom. The van der Waals surface area contributed by atoms with Crippen LogP contribution in [0.3, 0.4) is 0 Å². The second-order valence-electron chi connectivity index (χ2n) is 14.3. The monoisotopic (exact) mass is 714 g/mol. The van der Waals surface area contributed by atoms with Gasteiger partial charge in [-0.25, -0.2) is 0 Å². The largest absolute Gasteiger partial charge is 0.455 e. The van der Waals surface area contributed by atoms with Gasteiger partial charge in [0.25, 0.3) is 0 Å². The van der Waals surface area contributed by atoms with Crippen LogP contribution in [0, 0.1) is 0 Å². The summed E-state index contributed by atoms with van der Waals surface area (Å²) in [6, 6.07) is 72.9. The summed E-state index contributed by atoms with van der Waals surface area (Å²) in [5.41, 5.74) is 12.1. The highest BCUT2D eigenvalue weighted by Crippen LogP contribution is 2.56. The average molecular weight is 715 g/mol. The highest BCUT2D eigenvalue weighted by Gasteiger charge is 2.32. The fraction of sp³-hybridized carbons (Fsp3) is 0. The van der Waals surface area contributed by atoms with Crippen LogP contribution in [0.5, 0.6) is 0 Å². The van der Waals surface area contributed by atoms with Crippen LogP contribution in [-0.4, -0.2) is 0 Å². The van der Waals surface area contributed by atoms with E-state index in [-0.39, 0.29) is 0 Å². The van der Waals surface area contributed by atoms with Crippen LogP contribution < -0.4 is 0 Å². The van der Waals surface area contributed by atoms with Gasteiger partial charge in [0.1, 0.15) is 22.7 Å². The molecule has 2 aromatic heterocycles. The highest BCUT2D eigenvalue weighted by atomic mass is 16.3. The lowest BCUT2D eigenvalue weighted by atomic mass is 9.85. The molecule has 0 N–H and O–H groups in total. The lowest BCUT2D eigenvalue weighted by Crippen LogP contribution is -1.91. The molecule has 0 saturated heterocycles. The van der Waals surface area contributed by atoms with Crippen LogP contribution >= 0.6 is 0 Å². The second kappa shape index (κ2) is 13.2. The summed E-state index contributed by atoms with van der Waals surface area (Å²) in [7, 11) is 0. The molecule has 0 saturated carbocycles. The molecule has 2 heterocycles. The summed E-state index contributed by atoms with van der Waals surface area (Å²) in [5, 5.41) is 6.71. The van der Waals surface area contributed by atoms with E-state index in [9.17, 15) is 0 Å². The normalized spacial score (nSPS) is 11.6. The molecule has 11 aromatic rings. The molecule has 0 aliphatic heterocycles. The number of hydrogen-bond donors (Lipinski definition) is 0. The summed E-state index contributed by atoms with van der Waals surface area (Å²) in [6.45, 7) is 0. The van der Waals surface area contributed by atoms with Crippen LogP contribution in [0.2, 0.25) is 0 Å². The van der Waals surface area contributed by atoms with E-state index in [2.05, 4.69) is 206 Å². The van der Waals surface area contributed by atoms with Crippen molar-refractivity contribution in [1.29, 1.82) is 0 Å². The topological polar surface area (TPSA) is 26.3 Å². The van der Waals surface area contributed by atoms with Crippen molar-refractivity contribution in [2.45, 2.75) is 0 Å². The molecule has 0 amide bonds. The van der Waals surface area contributed by atoms with Crippen molar-refractivity contribution in [3.8, 4) is 67.2 Å². The third-order valence-electron chi connectivity index (χ3n) is 11.1. The third kappa shape index (κ3) is 5.11. The van der Waals surface area contributed by atoms with Gasteiger partial charge in [-0.15, -0.1) is 0 Å². The molecule has 11 rings (SSSR count). The van der Waals surface area contributed by atoms with Gasteiger partial charge < -0.3 is 8.83 Å². The minimum Gasteiger partial charge on any atom is -0.455 e. The first kappa shape index (κ1) is 32.0. The van der Waals surface area contributed by atoms with E-state index in [1.807, 2.05) is 0 Å². The molecular weight excluding hydrogens is 681 g/mol. The minimum absolute atomic E-state index is 0.825. The zero-order chi connectivity index (χ0) is 37.0. The Balaban J connectivity index is 1.44. The maximum Gasteiger partial charge on any atom is 0.144 e. The maximum atomic E-state index is 7.50. The van der Waals surface area contributed by atoms with Crippen molar-refractivity contribution in [1.82, 2.24) is 0 Å². The van der Waals surface area contributed by atoms with Crippen LogP contribution in [0.1, 0.15) is 0 Å². The van der Waals surface area contributed by atoms with Crippen LogP contribution in [0.25, 0.3) is 111 Å². The molecule has 0 radical (unpaired) electrons. The van der Waals surface area contributed by atoms with Crippen molar-refractivity contribution in [3.05, 3.63) is 206 Å². The van der Waals surface area contributed by atoms with Gasteiger partial charge in [-0.3, -0.25) is 0 Å². The Morgan fingerprint density at radius 2 is 0.714 bits per heavy atom. The Bertz CT molecular complexity index is 3170. The molecule has 9 aromatic carbocycles. The van der Waals surface area contributed by atoms with E-state index < -0.39 is 0 Å². The molecule has 0 aliphatic rings. The molecule has 56 heavy (non-hydrogen) atoms. The smallest absolute Gasteiger partial charge is 0.144 e. The number of fused-ring (bicyclic) bond motifs is 4. The summed E-state index contributed by atoms with van der Waals surface area (Å²) in [4.78, 5) is 0. The summed E-state index contributed by atoms with van der Waals surface area (Å²) in [5.74, 6) is 1.65. The number of benzene rings is 9. The Kier molecular flexibility index (Phi) is 7.53. The second-order valence-corrected chi connectivity index (χ2v) is 14.3. The van der Waals surface area contributed by atoms with Gasteiger partial charge in [-0.2, -0.15) is 0 Å². The number of hydrogen-bond acceptors (Lipinski definition) is 2. The van der Waals surface area contributed by atoms with E-state index in [0.717, 1.165) is 105 Å². The van der Waals surface area contributed by atoms with Crippen molar-refractivity contribution >= 4 is 43.5 Å². The lowest BCUT2D eigenvalue weighted by molar-refractivity contribution is 0.630. The van der Waals surface area contributed by atoms with Gasteiger partial charge in [-0.05, 0) is 49.9 Å². The predicted octanol–water partition coefficient (Wildman–Crippen LogP) is 15.5. The maximum absolute atomic E-state index is 7.50. The zero-order valence-electron chi connectivity index (χ0n) is 30.4. The fourth-order valence-electron chi connectivity index (χ4n) is 8.59. The molecule has 0 atom stereocenters. The average Bonchev–Trinajstić information content (AvgIpc) is 3.87. The first-order chi connectivity index (χ1) is 27.8. The predicted molar refractivity (Wildman–Crippen MR) is 234 cm³/mol. The van der Waals surface area contributed by atoms with Gasteiger partial charge in [-0.1, -0.05) is 200 Å². The first-order valence-electron chi connectivity index (χ1n) is 19.1.